The Kier molecular flexibility index (Phi) is 3.67. The second-order valence-corrected chi connectivity index (χ2v) is 6.30. The molecule has 3 rings (SSSR count). The quantitative estimate of drug-likeness (QED) is 0.719. The van der Waals surface area contributed by atoms with Crippen LogP contribution < -0.4 is 10.6 Å². The van der Waals surface area contributed by atoms with E-state index in [1.54, 1.807) is 0 Å². The Balaban J connectivity index is 1.46. The lowest BCUT2D eigenvalue weighted by Gasteiger charge is -2.37. The van der Waals surface area contributed by atoms with Crippen molar-refractivity contribution in [1.29, 1.82) is 0 Å². The highest BCUT2D eigenvalue weighted by Crippen LogP contribution is 2.34. The van der Waals surface area contributed by atoms with E-state index in [1.807, 2.05) is 0 Å². The zero-order valence-corrected chi connectivity index (χ0v) is 11.4. The van der Waals surface area contributed by atoms with Crippen molar-refractivity contribution < 1.29 is 14.6 Å². The van der Waals surface area contributed by atoms with Gasteiger partial charge in [-0.1, -0.05) is 0 Å². The number of hydrogen-bond acceptors (Lipinski definition) is 3. The summed E-state index contributed by atoms with van der Waals surface area (Å²) >= 11 is 0. The molecule has 3 unspecified atom stereocenters. The Morgan fingerprint density at radius 1 is 1.26 bits per heavy atom. The van der Waals surface area contributed by atoms with Crippen molar-refractivity contribution in [2.24, 2.45) is 5.92 Å². The smallest absolute Gasteiger partial charge is 0.315 e. The second kappa shape index (κ2) is 5.29. The van der Waals surface area contributed by atoms with Crippen LogP contribution in [0, 0.1) is 5.92 Å². The molecule has 1 aliphatic heterocycles. The van der Waals surface area contributed by atoms with E-state index in [9.17, 15) is 9.90 Å². The molecule has 1 saturated heterocycles. The molecule has 0 bridgehead atoms. The number of amides is 2. The minimum atomic E-state index is -0.650. The molecule has 5 nitrogen and oxygen atoms in total. The zero-order chi connectivity index (χ0) is 13.3. The molecule has 108 valence electrons. The van der Waals surface area contributed by atoms with Crippen molar-refractivity contribution in [1.82, 2.24) is 10.6 Å². The van der Waals surface area contributed by atoms with Gasteiger partial charge in [-0.25, -0.2) is 4.79 Å². The van der Waals surface area contributed by atoms with Crippen LogP contribution in [0.4, 0.5) is 4.79 Å². The maximum Gasteiger partial charge on any atom is 0.315 e. The van der Waals surface area contributed by atoms with E-state index in [2.05, 4.69) is 10.6 Å². The van der Waals surface area contributed by atoms with Crippen LogP contribution in [0.1, 0.15) is 44.9 Å². The maximum absolute atomic E-state index is 11.9. The standard InChI is InChI=1S/C14H24N2O3/c17-13(15-9-14(18)6-2-7-14)16-11-3-1-4-12-10(11)5-8-19-12/h10-12,18H,1-9H2,(H2,15,16,17). The summed E-state index contributed by atoms with van der Waals surface area (Å²) in [7, 11) is 0. The number of fused-ring (bicyclic) bond motifs is 1. The molecule has 19 heavy (non-hydrogen) atoms. The molecule has 5 heteroatoms. The highest BCUT2D eigenvalue weighted by Gasteiger charge is 2.39. The Bertz CT molecular complexity index is 344. The molecular formula is C14H24N2O3. The van der Waals surface area contributed by atoms with Gasteiger partial charge in [0.2, 0.25) is 0 Å². The summed E-state index contributed by atoms with van der Waals surface area (Å²) in [6.45, 7) is 1.20. The number of rotatable bonds is 3. The number of nitrogens with one attached hydrogen (secondary N) is 2. The summed E-state index contributed by atoms with van der Waals surface area (Å²) in [5, 5.41) is 15.8. The van der Waals surface area contributed by atoms with Gasteiger partial charge in [0, 0.05) is 25.1 Å². The predicted molar refractivity (Wildman–Crippen MR) is 70.8 cm³/mol. The van der Waals surface area contributed by atoms with E-state index in [0.717, 1.165) is 51.6 Å². The van der Waals surface area contributed by atoms with Gasteiger partial charge in [-0.15, -0.1) is 0 Å². The van der Waals surface area contributed by atoms with Gasteiger partial charge in [0.25, 0.3) is 0 Å². The molecule has 0 radical (unpaired) electrons. The van der Waals surface area contributed by atoms with Crippen molar-refractivity contribution in [2.45, 2.75) is 62.7 Å². The highest BCUT2D eigenvalue weighted by atomic mass is 16.5. The summed E-state index contributed by atoms with van der Waals surface area (Å²) in [5.41, 5.74) is -0.650. The number of carbonyl (C=O) groups is 1. The van der Waals surface area contributed by atoms with Crippen molar-refractivity contribution in [3.05, 3.63) is 0 Å². The van der Waals surface area contributed by atoms with Crippen molar-refractivity contribution in [3.8, 4) is 0 Å². The summed E-state index contributed by atoms with van der Waals surface area (Å²) in [6, 6.07) is 0.0927. The van der Waals surface area contributed by atoms with Crippen molar-refractivity contribution in [2.75, 3.05) is 13.2 Å². The molecular weight excluding hydrogens is 244 g/mol. The van der Waals surface area contributed by atoms with Crippen LogP contribution >= 0.6 is 0 Å². The SMILES string of the molecule is O=C(NCC1(O)CCC1)NC1CCCC2OCCC12. The third-order valence-electron chi connectivity index (χ3n) is 4.96. The van der Waals surface area contributed by atoms with Gasteiger partial charge in [-0.05, 0) is 44.9 Å². The average molecular weight is 268 g/mol. The second-order valence-electron chi connectivity index (χ2n) is 6.30. The molecule has 2 saturated carbocycles. The van der Waals surface area contributed by atoms with Crippen LogP contribution in [0.2, 0.25) is 0 Å². The highest BCUT2D eigenvalue weighted by molar-refractivity contribution is 5.74. The van der Waals surface area contributed by atoms with Crippen LogP contribution in [0.3, 0.4) is 0 Å². The van der Waals surface area contributed by atoms with E-state index >= 15 is 0 Å². The Morgan fingerprint density at radius 3 is 2.84 bits per heavy atom. The maximum atomic E-state index is 11.9. The normalized spacial score (nSPS) is 36.2. The van der Waals surface area contributed by atoms with Crippen molar-refractivity contribution in [3.63, 3.8) is 0 Å². The Morgan fingerprint density at radius 2 is 2.11 bits per heavy atom. The van der Waals surface area contributed by atoms with Gasteiger partial charge < -0.3 is 20.5 Å². The van der Waals surface area contributed by atoms with Gasteiger partial charge in [-0.3, -0.25) is 0 Å². The summed E-state index contributed by atoms with van der Waals surface area (Å²) < 4.78 is 5.70. The molecule has 3 N–H and O–H groups in total. The lowest BCUT2D eigenvalue weighted by atomic mass is 9.80. The van der Waals surface area contributed by atoms with Crippen LogP contribution in [-0.2, 0) is 4.74 Å². The number of ether oxygens (including phenoxy) is 1. The van der Waals surface area contributed by atoms with E-state index in [-0.39, 0.29) is 12.1 Å². The monoisotopic (exact) mass is 268 g/mol. The fraction of sp³-hybridized carbons (Fsp3) is 0.929. The predicted octanol–water partition coefficient (Wildman–Crippen LogP) is 1.16. The van der Waals surface area contributed by atoms with Crippen LogP contribution in [-0.4, -0.2) is 42.0 Å². The Hall–Kier alpha value is -0.810. The molecule has 2 aliphatic carbocycles. The lowest BCUT2D eigenvalue weighted by Crippen LogP contribution is -2.53. The van der Waals surface area contributed by atoms with Crippen LogP contribution in [0.5, 0.6) is 0 Å². The van der Waals surface area contributed by atoms with Crippen molar-refractivity contribution >= 4 is 6.03 Å². The summed E-state index contributed by atoms with van der Waals surface area (Å²) in [4.78, 5) is 11.9. The number of carbonyl (C=O) groups excluding carboxylic acids is 1. The molecule has 3 fully saturated rings. The van der Waals surface area contributed by atoms with E-state index in [0.29, 0.717) is 18.6 Å². The third kappa shape index (κ3) is 2.87. The van der Waals surface area contributed by atoms with E-state index in [4.69, 9.17) is 4.74 Å². The largest absolute Gasteiger partial charge is 0.388 e. The van der Waals surface area contributed by atoms with Gasteiger partial charge in [0.1, 0.15) is 0 Å². The summed E-state index contributed by atoms with van der Waals surface area (Å²) in [6.07, 6.45) is 7.35. The topological polar surface area (TPSA) is 70.6 Å². The van der Waals surface area contributed by atoms with Crippen LogP contribution in [0.25, 0.3) is 0 Å². The fourth-order valence-corrected chi connectivity index (χ4v) is 3.58. The van der Waals surface area contributed by atoms with Gasteiger partial charge in [0.05, 0.1) is 11.7 Å². The van der Waals surface area contributed by atoms with Gasteiger partial charge >= 0.3 is 6.03 Å². The molecule has 3 aliphatic rings. The molecule has 1 heterocycles. The minimum Gasteiger partial charge on any atom is -0.388 e. The number of urea groups is 1. The average Bonchev–Trinajstić information content (AvgIpc) is 2.83. The van der Waals surface area contributed by atoms with Crippen LogP contribution in [0.15, 0.2) is 0 Å². The molecule has 0 aromatic rings. The first-order valence-electron chi connectivity index (χ1n) is 7.55. The lowest BCUT2D eigenvalue weighted by molar-refractivity contribution is -0.0292. The first kappa shape index (κ1) is 13.2. The molecule has 0 spiro atoms. The summed E-state index contributed by atoms with van der Waals surface area (Å²) in [5.74, 6) is 0.478. The van der Waals surface area contributed by atoms with Gasteiger partial charge in [0.15, 0.2) is 0 Å². The molecule has 0 aromatic carbocycles. The van der Waals surface area contributed by atoms with E-state index < -0.39 is 5.60 Å². The minimum absolute atomic E-state index is 0.141. The van der Waals surface area contributed by atoms with E-state index in [1.165, 1.54) is 0 Å². The molecule has 0 aromatic heterocycles. The first-order valence-corrected chi connectivity index (χ1v) is 7.55. The Labute approximate surface area is 114 Å². The molecule has 3 atom stereocenters. The fourth-order valence-electron chi connectivity index (χ4n) is 3.58. The number of aliphatic hydroxyl groups is 1. The zero-order valence-electron chi connectivity index (χ0n) is 11.4. The number of hydrogen-bond donors (Lipinski definition) is 3. The molecule has 2 amide bonds. The van der Waals surface area contributed by atoms with Gasteiger partial charge in [-0.2, -0.15) is 0 Å². The third-order valence-corrected chi connectivity index (χ3v) is 4.96. The first-order chi connectivity index (χ1) is 9.16.